The average molecular weight is 420 g/mol. The Labute approximate surface area is 177 Å². The summed E-state index contributed by atoms with van der Waals surface area (Å²) in [5.74, 6) is 0.396. The summed E-state index contributed by atoms with van der Waals surface area (Å²) < 4.78 is 7.10. The number of thiazole rings is 1. The summed E-state index contributed by atoms with van der Waals surface area (Å²) in [5.41, 5.74) is 3.01. The molecule has 0 aliphatic carbocycles. The first-order valence-electron chi connectivity index (χ1n) is 9.34. The zero-order valence-corrected chi connectivity index (χ0v) is 17.6. The number of ether oxygens (including phenoxy) is 1. The van der Waals surface area contributed by atoms with Crippen LogP contribution in [0.25, 0.3) is 21.5 Å². The topological polar surface area (TPSA) is 86.1 Å². The summed E-state index contributed by atoms with van der Waals surface area (Å²) in [6.07, 6.45) is 0. The number of anilines is 1. The molecule has 1 N–H and O–H groups in total. The fourth-order valence-corrected chi connectivity index (χ4v) is 4.07. The van der Waals surface area contributed by atoms with Crippen molar-refractivity contribution in [3.8, 4) is 17.0 Å². The molecule has 2 heterocycles. The molecule has 0 fully saturated rings. The molecule has 0 saturated heterocycles. The predicted molar refractivity (Wildman–Crippen MR) is 118 cm³/mol. The standard InChI is InChI=1S/C22H20N4O3S/c1-13-6-4-5-7-17(13)24-18(27)12-26-22(28)20-21(30-14(2)23-20)19(25-26)15-8-10-16(29-3)11-9-15/h4-11H,12H2,1-3H3,(H,24,27). The maximum absolute atomic E-state index is 12.9. The van der Waals surface area contributed by atoms with Crippen molar-refractivity contribution in [2.75, 3.05) is 12.4 Å². The maximum atomic E-state index is 12.9. The van der Waals surface area contributed by atoms with Gasteiger partial charge in [0, 0.05) is 11.3 Å². The van der Waals surface area contributed by atoms with Crippen molar-refractivity contribution in [1.82, 2.24) is 14.8 Å². The number of methoxy groups -OCH3 is 1. The summed E-state index contributed by atoms with van der Waals surface area (Å²) in [6.45, 7) is 3.55. The van der Waals surface area contributed by atoms with Gasteiger partial charge in [-0.05, 0) is 49.7 Å². The van der Waals surface area contributed by atoms with E-state index in [1.54, 1.807) is 7.11 Å². The third-order valence-electron chi connectivity index (χ3n) is 4.68. The Morgan fingerprint density at radius 3 is 2.57 bits per heavy atom. The van der Waals surface area contributed by atoms with Gasteiger partial charge in [0.25, 0.3) is 5.56 Å². The fourth-order valence-electron chi connectivity index (χ4n) is 3.15. The quantitative estimate of drug-likeness (QED) is 0.531. The number of fused-ring (bicyclic) bond motifs is 1. The molecule has 2 aromatic carbocycles. The van der Waals surface area contributed by atoms with Gasteiger partial charge < -0.3 is 10.1 Å². The number of para-hydroxylation sites is 1. The van der Waals surface area contributed by atoms with Gasteiger partial charge in [0.1, 0.15) is 18.0 Å². The normalized spacial score (nSPS) is 10.9. The van der Waals surface area contributed by atoms with E-state index in [-0.39, 0.29) is 18.0 Å². The second-order valence-electron chi connectivity index (χ2n) is 6.81. The predicted octanol–water partition coefficient (Wildman–Crippen LogP) is 3.78. The second kappa shape index (κ2) is 8.08. The summed E-state index contributed by atoms with van der Waals surface area (Å²) in [7, 11) is 1.60. The van der Waals surface area contributed by atoms with Crippen molar-refractivity contribution in [1.29, 1.82) is 0 Å². The monoisotopic (exact) mass is 420 g/mol. The highest BCUT2D eigenvalue weighted by Crippen LogP contribution is 2.30. The summed E-state index contributed by atoms with van der Waals surface area (Å²) in [6, 6.07) is 14.9. The van der Waals surface area contributed by atoms with Gasteiger partial charge in [-0.15, -0.1) is 11.3 Å². The maximum Gasteiger partial charge on any atom is 0.294 e. The molecular formula is C22H20N4O3S. The molecule has 2 aromatic heterocycles. The zero-order chi connectivity index (χ0) is 21.3. The van der Waals surface area contributed by atoms with Crippen molar-refractivity contribution >= 4 is 33.1 Å². The van der Waals surface area contributed by atoms with Crippen LogP contribution in [0.1, 0.15) is 10.6 Å². The highest BCUT2D eigenvalue weighted by molar-refractivity contribution is 7.19. The van der Waals surface area contributed by atoms with Crippen molar-refractivity contribution < 1.29 is 9.53 Å². The molecule has 0 aliphatic heterocycles. The van der Waals surface area contributed by atoms with Gasteiger partial charge in [-0.1, -0.05) is 18.2 Å². The number of benzene rings is 2. The molecule has 1 amide bonds. The van der Waals surface area contributed by atoms with Crippen molar-refractivity contribution in [3.63, 3.8) is 0 Å². The minimum atomic E-state index is -0.383. The van der Waals surface area contributed by atoms with E-state index in [9.17, 15) is 9.59 Å². The number of hydrogen-bond donors (Lipinski definition) is 1. The molecule has 0 aliphatic rings. The molecule has 4 rings (SSSR count). The Bertz CT molecular complexity index is 1290. The summed E-state index contributed by atoms with van der Waals surface area (Å²) in [4.78, 5) is 29.9. The number of nitrogens with one attached hydrogen (secondary N) is 1. The summed E-state index contributed by atoms with van der Waals surface area (Å²) >= 11 is 1.41. The van der Waals surface area contributed by atoms with Crippen LogP contribution in [-0.4, -0.2) is 27.8 Å². The highest BCUT2D eigenvalue weighted by atomic mass is 32.1. The number of carbonyl (C=O) groups is 1. The lowest BCUT2D eigenvalue weighted by Gasteiger charge is -2.11. The molecule has 0 bridgehead atoms. The number of carbonyl (C=O) groups excluding carboxylic acids is 1. The third-order valence-corrected chi connectivity index (χ3v) is 5.66. The molecule has 0 unspecified atom stereocenters. The minimum absolute atomic E-state index is 0.206. The Morgan fingerprint density at radius 2 is 1.87 bits per heavy atom. The second-order valence-corrected chi connectivity index (χ2v) is 8.02. The Balaban J connectivity index is 1.74. The van der Waals surface area contributed by atoms with Crippen LogP contribution in [-0.2, 0) is 11.3 Å². The number of aromatic nitrogens is 3. The van der Waals surface area contributed by atoms with Crippen LogP contribution in [0, 0.1) is 13.8 Å². The van der Waals surface area contributed by atoms with Gasteiger partial charge in [-0.2, -0.15) is 5.10 Å². The van der Waals surface area contributed by atoms with Crippen LogP contribution in [0.2, 0.25) is 0 Å². The van der Waals surface area contributed by atoms with E-state index < -0.39 is 0 Å². The van der Waals surface area contributed by atoms with Crippen molar-refractivity contribution in [3.05, 3.63) is 69.5 Å². The Morgan fingerprint density at radius 1 is 1.13 bits per heavy atom. The van der Waals surface area contributed by atoms with Gasteiger partial charge in [0.2, 0.25) is 5.91 Å². The molecule has 152 valence electrons. The zero-order valence-electron chi connectivity index (χ0n) is 16.8. The van der Waals surface area contributed by atoms with Gasteiger partial charge in [0.15, 0.2) is 5.52 Å². The molecule has 0 radical (unpaired) electrons. The highest BCUT2D eigenvalue weighted by Gasteiger charge is 2.18. The van der Waals surface area contributed by atoms with Crippen molar-refractivity contribution in [2.45, 2.75) is 20.4 Å². The molecule has 0 atom stereocenters. The SMILES string of the molecule is COc1ccc(-c2nn(CC(=O)Nc3ccccc3C)c(=O)c3nc(C)sc23)cc1. The summed E-state index contributed by atoms with van der Waals surface area (Å²) in [5, 5.41) is 8.12. The van der Waals surface area contributed by atoms with Gasteiger partial charge in [-0.25, -0.2) is 9.67 Å². The third kappa shape index (κ3) is 3.81. The van der Waals surface area contributed by atoms with Crippen LogP contribution >= 0.6 is 11.3 Å². The van der Waals surface area contributed by atoms with Crippen LogP contribution in [0.5, 0.6) is 5.75 Å². The van der Waals surface area contributed by atoms with Crippen LogP contribution in [0.3, 0.4) is 0 Å². The molecule has 7 nitrogen and oxygen atoms in total. The first kappa shape index (κ1) is 19.8. The number of amides is 1. The number of hydrogen-bond acceptors (Lipinski definition) is 6. The fraction of sp³-hybridized carbons (Fsp3) is 0.182. The van der Waals surface area contributed by atoms with Gasteiger partial charge in [0.05, 0.1) is 16.8 Å². The first-order chi connectivity index (χ1) is 14.5. The number of aryl methyl sites for hydroxylation is 2. The van der Waals surface area contributed by atoms with Gasteiger partial charge >= 0.3 is 0 Å². The van der Waals surface area contributed by atoms with Crippen LogP contribution < -0.4 is 15.6 Å². The minimum Gasteiger partial charge on any atom is -0.497 e. The molecule has 0 saturated carbocycles. The van der Waals surface area contributed by atoms with Crippen LogP contribution in [0.4, 0.5) is 5.69 Å². The first-order valence-corrected chi connectivity index (χ1v) is 10.2. The lowest BCUT2D eigenvalue weighted by molar-refractivity contribution is -0.117. The van der Waals surface area contributed by atoms with E-state index in [1.807, 2.05) is 62.4 Å². The molecular weight excluding hydrogens is 400 g/mol. The van der Waals surface area contributed by atoms with E-state index in [0.29, 0.717) is 21.6 Å². The van der Waals surface area contributed by atoms with Crippen LogP contribution in [0.15, 0.2) is 53.3 Å². The Kier molecular flexibility index (Phi) is 5.33. The van der Waals surface area contributed by atoms with E-state index >= 15 is 0 Å². The molecule has 30 heavy (non-hydrogen) atoms. The van der Waals surface area contributed by atoms with E-state index in [2.05, 4.69) is 15.4 Å². The molecule has 0 spiro atoms. The lowest BCUT2D eigenvalue weighted by atomic mass is 10.1. The van der Waals surface area contributed by atoms with E-state index in [0.717, 1.165) is 21.9 Å². The largest absolute Gasteiger partial charge is 0.497 e. The molecule has 8 heteroatoms. The smallest absolute Gasteiger partial charge is 0.294 e. The Hall–Kier alpha value is -3.52. The van der Waals surface area contributed by atoms with E-state index in [1.165, 1.54) is 16.0 Å². The average Bonchev–Trinajstić information content (AvgIpc) is 3.14. The number of rotatable bonds is 5. The number of nitrogens with zero attached hydrogens (tertiary/aromatic N) is 3. The van der Waals surface area contributed by atoms with E-state index in [4.69, 9.17) is 4.74 Å². The van der Waals surface area contributed by atoms with Crippen molar-refractivity contribution in [2.24, 2.45) is 0 Å². The lowest BCUT2D eigenvalue weighted by Crippen LogP contribution is -2.30. The van der Waals surface area contributed by atoms with Gasteiger partial charge in [-0.3, -0.25) is 9.59 Å². The molecule has 4 aromatic rings.